The van der Waals surface area contributed by atoms with Gasteiger partial charge in [-0.1, -0.05) is 0 Å². The van der Waals surface area contributed by atoms with Crippen LogP contribution in [-0.4, -0.2) is 27.8 Å². The average molecular weight is 212 g/mol. The molecule has 1 aromatic rings. The molecule has 1 aromatic carbocycles. The molecule has 15 heavy (non-hydrogen) atoms. The normalized spacial score (nSPS) is 10.1. The summed E-state index contributed by atoms with van der Waals surface area (Å²) < 4.78 is 20.3. The van der Waals surface area contributed by atoms with E-state index in [4.69, 9.17) is 18.9 Å². The lowest BCUT2D eigenvalue weighted by atomic mass is 10.2. The van der Waals surface area contributed by atoms with Crippen molar-refractivity contribution in [2.75, 3.05) is 27.8 Å². The van der Waals surface area contributed by atoms with Gasteiger partial charge in [0, 0.05) is 14.2 Å². The highest BCUT2D eigenvalue weighted by Crippen LogP contribution is 2.23. The van der Waals surface area contributed by atoms with Gasteiger partial charge in [0.25, 0.3) is 0 Å². The molecule has 0 unspecified atom stereocenters. The minimum absolute atomic E-state index is 0.248. The maximum atomic E-state index is 5.34. The second-order valence-electron chi connectivity index (χ2n) is 3.03. The third-order valence-corrected chi connectivity index (χ3v) is 1.82. The summed E-state index contributed by atoms with van der Waals surface area (Å²) in [7, 11) is 3.17. The molecule has 0 saturated heterocycles. The number of aryl methyl sites for hydroxylation is 1. The number of methoxy groups -OCH3 is 2. The maximum absolute atomic E-state index is 5.34. The van der Waals surface area contributed by atoms with Crippen LogP contribution in [0, 0.1) is 6.92 Å². The molecule has 4 heteroatoms. The van der Waals surface area contributed by atoms with Crippen LogP contribution in [0.2, 0.25) is 0 Å². The predicted octanol–water partition coefficient (Wildman–Crippen LogP) is 1.96. The molecule has 84 valence electrons. The minimum Gasteiger partial charge on any atom is -0.468 e. The van der Waals surface area contributed by atoms with E-state index < -0.39 is 0 Å². The first kappa shape index (κ1) is 11.8. The molecule has 0 aliphatic rings. The summed E-state index contributed by atoms with van der Waals surface area (Å²) in [4.78, 5) is 0. The van der Waals surface area contributed by atoms with Crippen molar-refractivity contribution in [2.45, 2.75) is 6.92 Å². The largest absolute Gasteiger partial charge is 0.468 e. The summed E-state index contributed by atoms with van der Waals surface area (Å²) in [6, 6.07) is 5.57. The standard InChI is InChI=1S/C11H16O4/c1-9-6-10(14-7-12-2)4-5-11(9)15-8-13-3/h4-6H,7-8H2,1-3H3. The van der Waals surface area contributed by atoms with Crippen molar-refractivity contribution in [3.8, 4) is 11.5 Å². The lowest BCUT2D eigenvalue weighted by Crippen LogP contribution is -2.02. The molecule has 0 bridgehead atoms. The van der Waals surface area contributed by atoms with E-state index in [-0.39, 0.29) is 13.6 Å². The Morgan fingerprint density at radius 2 is 1.67 bits per heavy atom. The van der Waals surface area contributed by atoms with Crippen molar-refractivity contribution in [2.24, 2.45) is 0 Å². The van der Waals surface area contributed by atoms with Crippen LogP contribution in [0.3, 0.4) is 0 Å². The fourth-order valence-corrected chi connectivity index (χ4v) is 1.12. The van der Waals surface area contributed by atoms with E-state index in [2.05, 4.69) is 0 Å². The van der Waals surface area contributed by atoms with Gasteiger partial charge >= 0.3 is 0 Å². The molecule has 0 radical (unpaired) electrons. The quantitative estimate of drug-likeness (QED) is 0.675. The Morgan fingerprint density at radius 3 is 2.27 bits per heavy atom. The van der Waals surface area contributed by atoms with Gasteiger partial charge in [0.05, 0.1) is 0 Å². The van der Waals surface area contributed by atoms with Gasteiger partial charge < -0.3 is 18.9 Å². The smallest absolute Gasteiger partial charge is 0.188 e. The van der Waals surface area contributed by atoms with Crippen molar-refractivity contribution in [1.82, 2.24) is 0 Å². The molecule has 0 aliphatic carbocycles. The van der Waals surface area contributed by atoms with E-state index in [0.717, 1.165) is 17.1 Å². The Kier molecular flexibility index (Phi) is 4.93. The molecule has 0 aliphatic heterocycles. The van der Waals surface area contributed by atoms with Crippen LogP contribution < -0.4 is 9.47 Å². The van der Waals surface area contributed by atoms with Crippen LogP contribution in [0.4, 0.5) is 0 Å². The monoisotopic (exact) mass is 212 g/mol. The molecular formula is C11H16O4. The molecule has 0 N–H and O–H groups in total. The zero-order chi connectivity index (χ0) is 11.1. The predicted molar refractivity (Wildman–Crippen MR) is 56.2 cm³/mol. The van der Waals surface area contributed by atoms with Crippen molar-refractivity contribution in [1.29, 1.82) is 0 Å². The van der Waals surface area contributed by atoms with Gasteiger partial charge in [0.15, 0.2) is 13.6 Å². The second kappa shape index (κ2) is 6.27. The van der Waals surface area contributed by atoms with Gasteiger partial charge in [-0.25, -0.2) is 0 Å². The van der Waals surface area contributed by atoms with Gasteiger partial charge in [-0.2, -0.15) is 0 Å². The van der Waals surface area contributed by atoms with Crippen LogP contribution in [0.5, 0.6) is 11.5 Å². The number of hydrogen-bond acceptors (Lipinski definition) is 4. The zero-order valence-electron chi connectivity index (χ0n) is 9.28. The third-order valence-electron chi connectivity index (χ3n) is 1.82. The van der Waals surface area contributed by atoms with Crippen molar-refractivity contribution in [3.05, 3.63) is 23.8 Å². The Balaban J connectivity index is 2.61. The number of ether oxygens (including phenoxy) is 4. The summed E-state index contributed by atoms with van der Waals surface area (Å²) >= 11 is 0. The first-order valence-electron chi connectivity index (χ1n) is 4.62. The summed E-state index contributed by atoms with van der Waals surface area (Å²) in [5.41, 5.74) is 1.00. The van der Waals surface area contributed by atoms with E-state index in [9.17, 15) is 0 Å². The van der Waals surface area contributed by atoms with Crippen LogP contribution in [0.1, 0.15) is 5.56 Å². The Hall–Kier alpha value is -1.26. The van der Waals surface area contributed by atoms with E-state index >= 15 is 0 Å². The van der Waals surface area contributed by atoms with Crippen LogP contribution in [-0.2, 0) is 9.47 Å². The molecule has 0 heterocycles. The van der Waals surface area contributed by atoms with Crippen molar-refractivity contribution >= 4 is 0 Å². The van der Waals surface area contributed by atoms with Crippen LogP contribution in [0.15, 0.2) is 18.2 Å². The van der Waals surface area contributed by atoms with Gasteiger partial charge in [0.1, 0.15) is 11.5 Å². The molecule has 1 rings (SSSR count). The Labute approximate surface area is 89.7 Å². The van der Waals surface area contributed by atoms with Crippen molar-refractivity contribution in [3.63, 3.8) is 0 Å². The lowest BCUT2D eigenvalue weighted by Gasteiger charge is -2.10. The summed E-state index contributed by atoms with van der Waals surface area (Å²) in [6.45, 7) is 2.45. The van der Waals surface area contributed by atoms with Gasteiger partial charge in [-0.05, 0) is 30.7 Å². The number of benzene rings is 1. The molecule has 4 nitrogen and oxygen atoms in total. The summed E-state index contributed by atoms with van der Waals surface area (Å²) in [6.07, 6.45) is 0. The summed E-state index contributed by atoms with van der Waals surface area (Å²) in [5, 5.41) is 0. The highest BCUT2D eigenvalue weighted by molar-refractivity contribution is 5.39. The SMILES string of the molecule is COCOc1ccc(OCOC)c(C)c1. The summed E-state index contributed by atoms with van der Waals surface area (Å²) in [5.74, 6) is 1.56. The molecule has 0 saturated carbocycles. The van der Waals surface area contributed by atoms with Crippen LogP contribution in [0.25, 0.3) is 0 Å². The fourth-order valence-electron chi connectivity index (χ4n) is 1.12. The van der Waals surface area contributed by atoms with Crippen molar-refractivity contribution < 1.29 is 18.9 Å². The highest BCUT2D eigenvalue weighted by Gasteiger charge is 2.01. The third kappa shape index (κ3) is 3.77. The molecule has 0 atom stereocenters. The fraction of sp³-hybridized carbons (Fsp3) is 0.455. The zero-order valence-corrected chi connectivity index (χ0v) is 9.28. The Morgan fingerprint density at radius 1 is 1.00 bits per heavy atom. The van der Waals surface area contributed by atoms with E-state index in [0.29, 0.717) is 0 Å². The topological polar surface area (TPSA) is 36.9 Å². The first-order chi connectivity index (χ1) is 7.27. The van der Waals surface area contributed by atoms with Gasteiger partial charge in [-0.3, -0.25) is 0 Å². The van der Waals surface area contributed by atoms with Gasteiger partial charge in [0.2, 0.25) is 0 Å². The van der Waals surface area contributed by atoms with E-state index in [1.807, 2.05) is 25.1 Å². The molecular weight excluding hydrogens is 196 g/mol. The van der Waals surface area contributed by atoms with E-state index in [1.54, 1.807) is 14.2 Å². The second-order valence-corrected chi connectivity index (χ2v) is 3.03. The lowest BCUT2D eigenvalue weighted by molar-refractivity contribution is 0.0479. The minimum atomic E-state index is 0.248. The van der Waals surface area contributed by atoms with Crippen LogP contribution >= 0.6 is 0 Å². The first-order valence-corrected chi connectivity index (χ1v) is 4.62. The maximum Gasteiger partial charge on any atom is 0.188 e. The molecule has 0 aromatic heterocycles. The van der Waals surface area contributed by atoms with E-state index in [1.165, 1.54) is 0 Å². The number of rotatable bonds is 6. The average Bonchev–Trinajstić information content (AvgIpc) is 2.25. The Bertz CT molecular complexity index is 299. The highest BCUT2D eigenvalue weighted by atomic mass is 16.7. The molecule has 0 fully saturated rings. The molecule has 0 amide bonds. The number of hydrogen-bond donors (Lipinski definition) is 0. The molecule has 0 spiro atoms. The van der Waals surface area contributed by atoms with Gasteiger partial charge in [-0.15, -0.1) is 0 Å².